The lowest BCUT2D eigenvalue weighted by atomic mass is 9.90. The number of carbonyl (C=O) groups excluding carboxylic acids is 1. The number of hydrogen-bond acceptors (Lipinski definition) is 7. The topological polar surface area (TPSA) is 90.1 Å². The van der Waals surface area contributed by atoms with E-state index in [9.17, 15) is 4.79 Å². The quantitative estimate of drug-likeness (QED) is 0.365. The van der Waals surface area contributed by atoms with E-state index in [0.717, 1.165) is 35.9 Å². The molecule has 1 amide bonds. The van der Waals surface area contributed by atoms with Gasteiger partial charge in [-0.15, -0.1) is 11.3 Å². The van der Waals surface area contributed by atoms with Crippen molar-refractivity contribution < 1.29 is 9.53 Å². The number of ether oxygens (including phenoxy) is 1. The number of rotatable bonds is 8. The molecule has 2 atom stereocenters. The highest BCUT2D eigenvalue weighted by Crippen LogP contribution is 2.41. The van der Waals surface area contributed by atoms with Crippen LogP contribution in [0.25, 0.3) is 10.2 Å². The minimum atomic E-state index is -0.170. The van der Waals surface area contributed by atoms with Crippen LogP contribution in [0, 0.1) is 0 Å². The molecule has 0 radical (unpaired) electrons. The Balaban J connectivity index is 1.36. The number of aryl methyl sites for hydroxylation is 1. The summed E-state index contributed by atoms with van der Waals surface area (Å²) in [6.07, 6.45) is 3.60. The average Bonchev–Trinajstić information content (AvgIpc) is 3.14. The molecule has 0 saturated heterocycles. The summed E-state index contributed by atoms with van der Waals surface area (Å²) in [5.41, 5.74) is 8.67. The van der Waals surface area contributed by atoms with E-state index in [-0.39, 0.29) is 23.3 Å². The van der Waals surface area contributed by atoms with Crippen LogP contribution in [0.2, 0.25) is 0 Å². The van der Waals surface area contributed by atoms with Crippen molar-refractivity contribution in [2.75, 3.05) is 11.5 Å². The molecule has 3 heterocycles. The molecule has 1 aromatic carbocycles. The second kappa shape index (κ2) is 9.77. The predicted molar refractivity (Wildman–Crippen MR) is 132 cm³/mol. The molecule has 32 heavy (non-hydrogen) atoms. The first-order valence-electron chi connectivity index (χ1n) is 11.0. The molecule has 1 aliphatic heterocycles. The second-order valence-electron chi connectivity index (χ2n) is 8.63. The lowest BCUT2D eigenvalue weighted by Crippen LogP contribution is -2.34. The summed E-state index contributed by atoms with van der Waals surface area (Å²) in [5.74, 6) is 0.741. The molecule has 0 bridgehead atoms. The molecule has 3 aromatic rings. The summed E-state index contributed by atoms with van der Waals surface area (Å²) >= 11 is 2.94. The number of thioether (sulfide) groups is 1. The van der Waals surface area contributed by atoms with Gasteiger partial charge in [-0.1, -0.05) is 49.0 Å². The van der Waals surface area contributed by atoms with Gasteiger partial charge in [-0.05, 0) is 44.2 Å². The van der Waals surface area contributed by atoms with Gasteiger partial charge in [0.1, 0.15) is 10.6 Å². The minimum absolute atomic E-state index is 0.0181. The smallest absolute Gasteiger partial charge is 0.230 e. The SMILES string of the molecule is CC[C@@]1(C)Cc2c(sc3nc(SCC(=O)N[C@H](C)CCc4ccccc4)nc(N)c23)CO1. The number of benzene rings is 1. The average molecular weight is 471 g/mol. The Labute approximate surface area is 197 Å². The van der Waals surface area contributed by atoms with Crippen LogP contribution < -0.4 is 11.1 Å². The standard InChI is InChI=1S/C24H30N4O2S2/c1-4-24(3)12-17-18(13-30-24)32-22-20(17)21(25)27-23(28-22)31-14-19(29)26-15(2)10-11-16-8-6-5-7-9-16/h5-9,15H,4,10-14H2,1-3H3,(H,26,29)(H2,25,27,28)/t15-,24+/m1/s1. The highest BCUT2D eigenvalue weighted by Gasteiger charge is 2.33. The van der Waals surface area contributed by atoms with Gasteiger partial charge >= 0.3 is 0 Å². The van der Waals surface area contributed by atoms with Gasteiger partial charge in [0.2, 0.25) is 5.91 Å². The molecule has 0 unspecified atom stereocenters. The number of anilines is 1. The van der Waals surface area contributed by atoms with E-state index in [1.807, 2.05) is 25.1 Å². The summed E-state index contributed by atoms with van der Waals surface area (Å²) in [5, 5.41) is 4.56. The molecule has 170 valence electrons. The van der Waals surface area contributed by atoms with Crippen LogP contribution in [-0.4, -0.2) is 33.3 Å². The van der Waals surface area contributed by atoms with Crippen LogP contribution in [0.15, 0.2) is 35.5 Å². The van der Waals surface area contributed by atoms with Crippen molar-refractivity contribution in [1.82, 2.24) is 15.3 Å². The van der Waals surface area contributed by atoms with Crippen LogP contribution in [0.3, 0.4) is 0 Å². The fourth-order valence-electron chi connectivity index (χ4n) is 3.92. The van der Waals surface area contributed by atoms with Crippen molar-refractivity contribution in [2.24, 2.45) is 0 Å². The number of carbonyl (C=O) groups is 1. The fraction of sp³-hybridized carbons (Fsp3) is 0.458. The Morgan fingerprint density at radius 2 is 2.12 bits per heavy atom. The number of amides is 1. The van der Waals surface area contributed by atoms with E-state index in [4.69, 9.17) is 15.5 Å². The summed E-state index contributed by atoms with van der Waals surface area (Å²) < 4.78 is 6.07. The lowest BCUT2D eigenvalue weighted by Gasteiger charge is -2.33. The van der Waals surface area contributed by atoms with E-state index < -0.39 is 0 Å². The molecule has 0 aliphatic carbocycles. The first-order chi connectivity index (χ1) is 15.4. The van der Waals surface area contributed by atoms with E-state index in [0.29, 0.717) is 17.6 Å². The molecule has 6 nitrogen and oxygen atoms in total. The van der Waals surface area contributed by atoms with Gasteiger partial charge in [-0.3, -0.25) is 4.79 Å². The van der Waals surface area contributed by atoms with Gasteiger partial charge in [0.15, 0.2) is 5.16 Å². The maximum atomic E-state index is 12.4. The zero-order valence-electron chi connectivity index (χ0n) is 18.8. The normalized spacial score (nSPS) is 19.0. The number of nitrogens with two attached hydrogens (primary N) is 1. The van der Waals surface area contributed by atoms with Crippen LogP contribution in [0.4, 0.5) is 5.82 Å². The van der Waals surface area contributed by atoms with Gasteiger partial charge in [0, 0.05) is 17.3 Å². The Morgan fingerprint density at radius 1 is 1.34 bits per heavy atom. The molecule has 0 spiro atoms. The highest BCUT2D eigenvalue weighted by atomic mass is 32.2. The number of fused-ring (bicyclic) bond motifs is 3. The first-order valence-corrected chi connectivity index (χ1v) is 12.8. The molecule has 0 saturated carbocycles. The van der Waals surface area contributed by atoms with Gasteiger partial charge in [-0.25, -0.2) is 9.97 Å². The number of nitrogens with zero attached hydrogens (tertiary/aromatic N) is 2. The van der Waals surface area contributed by atoms with Crippen LogP contribution in [0.5, 0.6) is 0 Å². The highest BCUT2D eigenvalue weighted by molar-refractivity contribution is 7.99. The molecular formula is C24H30N4O2S2. The fourth-order valence-corrected chi connectivity index (χ4v) is 5.75. The Hall–Kier alpha value is -2.16. The molecule has 2 aromatic heterocycles. The number of nitrogen functional groups attached to an aromatic ring is 1. The van der Waals surface area contributed by atoms with Gasteiger partial charge < -0.3 is 15.8 Å². The third kappa shape index (κ3) is 5.24. The van der Waals surface area contributed by atoms with Crippen molar-refractivity contribution in [2.45, 2.75) is 69.9 Å². The molecule has 3 N–H and O–H groups in total. The van der Waals surface area contributed by atoms with E-state index in [1.54, 1.807) is 11.3 Å². The molecule has 8 heteroatoms. The maximum Gasteiger partial charge on any atom is 0.230 e. The number of nitrogens with one attached hydrogen (secondary N) is 1. The maximum absolute atomic E-state index is 12.4. The van der Waals surface area contributed by atoms with E-state index in [1.165, 1.54) is 27.8 Å². The lowest BCUT2D eigenvalue weighted by molar-refractivity contribution is -0.119. The zero-order valence-corrected chi connectivity index (χ0v) is 20.4. The Morgan fingerprint density at radius 3 is 2.88 bits per heavy atom. The van der Waals surface area contributed by atoms with Crippen molar-refractivity contribution in [1.29, 1.82) is 0 Å². The Kier molecular flexibility index (Phi) is 7.02. The summed E-state index contributed by atoms with van der Waals surface area (Å²) in [6, 6.07) is 10.4. The molecule has 0 fully saturated rings. The van der Waals surface area contributed by atoms with Crippen molar-refractivity contribution >= 4 is 45.0 Å². The van der Waals surface area contributed by atoms with Crippen LogP contribution >= 0.6 is 23.1 Å². The van der Waals surface area contributed by atoms with Gasteiger partial charge in [-0.2, -0.15) is 0 Å². The number of hydrogen-bond donors (Lipinski definition) is 2. The van der Waals surface area contributed by atoms with Crippen molar-refractivity contribution in [3.05, 3.63) is 46.3 Å². The third-order valence-electron chi connectivity index (χ3n) is 6.04. The van der Waals surface area contributed by atoms with Crippen molar-refractivity contribution in [3.8, 4) is 0 Å². The summed E-state index contributed by atoms with van der Waals surface area (Å²) in [4.78, 5) is 23.7. The van der Waals surface area contributed by atoms with E-state index >= 15 is 0 Å². The summed E-state index contributed by atoms with van der Waals surface area (Å²) in [6.45, 7) is 6.90. The molecular weight excluding hydrogens is 440 g/mol. The van der Waals surface area contributed by atoms with Crippen LogP contribution in [0.1, 0.15) is 49.6 Å². The third-order valence-corrected chi connectivity index (χ3v) is 7.99. The molecule has 4 rings (SSSR count). The zero-order chi connectivity index (χ0) is 22.7. The predicted octanol–water partition coefficient (Wildman–Crippen LogP) is 4.74. The summed E-state index contributed by atoms with van der Waals surface area (Å²) in [7, 11) is 0. The number of aromatic nitrogens is 2. The number of thiophene rings is 1. The van der Waals surface area contributed by atoms with Gasteiger partial charge in [0.05, 0.1) is 23.3 Å². The second-order valence-corrected chi connectivity index (χ2v) is 10.7. The van der Waals surface area contributed by atoms with Crippen molar-refractivity contribution in [3.63, 3.8) is 0 Å². The van der Waals surface area contributed by atoms with Gasteiger partial charge in [0.25, 0.3) is 0 Å². The van der Waals surface area contributed by atoms with E-state index in [2.05, 4.69) is 36.3 Å². The molecule has 1 aliphatic rings. The largest absolute Gasteiger partial charge is 0.383 e. The van der Waals surface area contributed by atoms with Crippen LogP contribution in [-0.2, 0) is 29.0 Å². The Bertz CT molecular complexity index is 1100. The monoisotopic (exact) mass is 470 g/mol. The minimum Gasteiger partial charge on any atom is -0.383 e. The first kappa shape index (κ1) is 23.0.